The van der Waals surface area contributed by atoms with Crippen molar-refractivity contribution in [2.45, 2.75) is 26.3 Å². The minimum Gasteiger partial charge on any atom is -0.481 e. The van der Waals surface area contributed by atoms with Gasteiger partial charge in [-0.15, -0.1) is 0 Å². The van der Waals surface area contributed by atoms with Crippen LogP contribution < -0.4 is 5.32 Å². The molecule has 0 saturated heterocycles. The van der Waals surface area contributed by atoms with E-state index in [0.29, 0.717) is 11.6 Å². The highest BCUT2D eigenvalue weighted by Gasteiger charge is 2.12. The first-order valence-electron chi connectivity index (χ1n) is 6.79. The van der Waals surface area contributed by atoms with Crippen LogP contribution in [0.3, 0.4) is 0 Å². The molecule has 2 aromatic carbocycles. The number of benzene rings is 2. The van der Waals surface area contributed by atoms with Gasteiger partial charge in [-0.25, -0.2) is 0 Å². The van der Waals surface area contributed by atoms with Crippen LogP contribution in [0.15, 0.2) is 42.5 Å². The SMILES string of the molecule is Cc1ccc(Cl)c(NCc2ccc(C(C)C(=O)O)cc2)c1. The van der Waals surface area contributed by atoms with Gasteiger partial charge in [-0.3, -0.25) is 4.79 Å². The number of carboxylic acid groups (broad SMARTS) is 1. The summed E-state index contributed by atoms with van der Waals surface area (Å²) in [5.74, 6) is -1.30. The van der Waals surface area contributed by atoms with Crippen LogP contribution in [0.4, 0.5) is 5.69 Å². The molecule has 0 saturated carbocycles. The topological polar surface area (TPSA) is 49.3 Å². The van der Waals surface area contributed by atoms with Gasteiger partial charge in [-0.2, -0.15) is 0 Å². The fraction of sp³-hybridized carbons (Fsp3) is 0.235. The number of carboxylic acids is 1. The second-order valence-corrected chi connectivity index (χ2v) is 5.55. The fourth-order valence-electron chi connectivity index (χ4n) is 2.04. The number of hydrogen-bond acceptors (Lipinski definition) is 2. The molecule has 0 bridgehead atoms. The third-order valence-electron chi connectivity index (χ3n) is 3.45. The highest BCUT2D eigenvalue weighted by molar-refractivity contribution is 6.33. The lowest BCUT2D eigenvalue weighted by atomic mass is 10.00. The van der Waals surface area contributed by atoms with Gasteiger partial charge < -0.3 is 10.4 Å². The number of carbonyl (C=O) groups is 1. The molecule has 0 fully saturated rings. The molecule has 1 atom stereocenters. The van der Waals surface area contributed by atoms with E-state index in [9.17, 15) is 4.79 Å². The molecular weight excluding hydrogens is 286 g/mol. The van der Waals surface area contributed by atoms with Gasteiger partial charge in [0.05, 0.1) is 16.6 Å². The molecule has 4 heteroatoms. The van der Waals surface area contributed by atoms with Crippen molar-refractivity contribution < 1.29 is 9.90 Å². The zero-order valence-corrected chi connectivity index (χ0v) is 12.8. The lowest BCUT2D eigenvalue weighted by Gasteiger charge is -2.11. The molecule has 110 valence electrons. The van der Waals surface area contributed by atoms with E-state index < -0.39 is 11.9 Å². The monoisotopic (exact) mass is 303 g/mol. The first-order valence-corrected chi connectivity index (χ1v) is 7.17. The minimum atomic E-state index is -0.813. The summed E-state index contributed by atoms with van der Waals surface area (Å²) in [5, 5.41) is 13.0. The molecule has 0 aliphatic heterocycles. The van der Waals surface area contributed by atoms with E-state index in [0.717, 1.165) is 22.4 Å². The molecule has 0 amide bonds. The Hall–Kier alpha value is -2.00. The summed E-state index contributed by atoms with van der Waals surface area (Å²) in [7, 11) is 0. The van der Waals surface area contributed by atoms with E-state index in [-0.39, 0.29) is 0 Å². The second-order valence-electron chi connectivity index (χ2n) is 5.14. The summed E-state index contributed by atoms with van der Waals surface area (Å²) >= 11 is 6.14. The van der Waals surface area contributed by atoms with E-state index in [4.69, 9.17) is 16.7 Å². The Morgan fingerprint density at radius 1 is 1.24 bits per heavy atom. The molecule has 0 aliphatic carbocycles. The highest BCUT2D eigenvalue weighted by Crippen LogP contribution is 2.23. The van der Waals surface area contributed by atoms with Crippen molar-refractivity contribution in [1.29, 1.82) is 0 Å². The zero-order valence-electron chi connectivity index (χ0n) is 12.1. The maximum Gasteiger partial charge on any atom is 0.310 e. The second kappa shape index (κ2) is 6.64. The molecule has 0 spiro atoms. The van der Waals surface area contributed by atoms with Crippen molar-refractivity contribution in [3.63, 3.8) is 0 Å². The molecule has 2 rings (SSSR count). The number of halogens is 1. The molecule has 1 unspecified atom stereocenters. The summed E-state index contributed by atoms with van der Waals surface area (Å²) in [6.07, 6.45) is 0. The van der Waals surface area contributed by atoms with Gasteiger partial charge >= 0.3 is 5.97 Å². The summed E-state index contributed by atoms with van der Waals surface area (Å²) in [4.78, 5) is 10.9. The molecule has 2 N–H and O–H groups in total. The van der Waals surface area contributed by atoms with E-state index in [1.54, 1.807) is 6.92 Å². The Kier molecular flexibility index (Phi) is 4.86. The van der Waals surface area contributed by atoms with Crippen LogP contribution in [0.25, 0.3) is 0 Å². The van der Waals surface area contributed by atoms with Crippen LogP contribution in [0.2, 0.25) is 5.02 Å². The standard InChI is InChI=1S/C17H18ClNO2/c1-11-3-8-15(18)16(9-11)19-10-13-4-6-14(7-5-13)12(2)17(20)21/h3-9,12,19H,10H2,1-2H3,(H,20,21). The predicted octanol–water partition coefficient (Wildman–Crippen LogP) is 4.45. The highest BCUT2D eigenvalue weighted by atomic mass is 35.5. The number of anilines is 1. The van der Waals surface area contributed by atoms with Crippen LogP contribution in [-0.2, 0) is 11.3 Å². The Balaban J connectivity index is 2.04. The fourth-order valence-corrected chi connectivity index (χ4v) is 2.22. The Bertz CT molecular complexity index is 638. The van der Waals surface area contributed by atoms with Crippen LogP contribution in [0, 0.1) is 6.92 Å². The van der Waals surface area contributed by atoms with Gasteiger partial charge in [0.25, 0.3) is 0 Å². The Morgan fingerprint density at radius 2 is 1.90 bits per heavy atom. The van der Waals surface area contributed by atoms with Gasteiger partial charge in [0, 0.05) is 6.54 Å². The summed E-state index contributed by atoms with van der Waals surface area (Å²) in [5.41, 5.74) is 3.93. The van der Waals surface area contributed by atoms with Crippen LogP contribution >= 0.6 is 11.6 Å². The third-order valence-corrected chi connectivity index (χ3v) is 3.78. The van der Waals surface area contributed by atoms with E-state index >= 15 is 0 Å². The van der Waals surface area contributed by atoms with E-state index in [1.165, 1.54) is 0 Å². The maximum atomic E-state index is 10.9. The molecule has 0 heterocycles. The normalized spacial score (nSPS) is 12.0. The van der Waals surface area contributed by atoms with Gasteiger partial charge in [0.2, 0.25) is 0 Å². The van der Waals surface area contributed by atoms with Crippen molar-refractivity contribution >= 4 is 23.3 Å². The van der Waals surface area contributed by atoms with Crippen LogP contribution in [0.1, 0.15) is 29.5 Å². The lowest BCUT2D eigenvalue weighted by molar-refractivity contribution is -0.138. The first-order chi connectivity index (χ1) is 9.97. The van der Waals surface area contributed by atoms with Crippen LogP contribution in [0.5, 0.6) is 0 Å². The third kappa shape index (κ3) is 3.99. The van der Waals surface area contributed by atoms with Crippen molar-refractivity contribution in [2.24, 2.45) is 0 Å². The molecule has 21 heavy (non-hydrogen) atoms. The summed E-state index contributed by atoms with van der Waals surface area (Å²) in [6.45, 7) is 4.34. The van der Waals surface area contributed by atoms with E-state index in [1.807, 2.05) is 49.4 Å². The number of nitrogens with one attached hydrogen (secondary N) is 1. The molecule has 0 radical (unpaired) electrons. The van der Waals surface area contributed by atoms with Gasteiger partial charge in [0.15, 0.2) is 0 Å². The van der Waals surface area contributed by atoms with Crippen molar-refractivity contribution in [1.82, 2.24) is 0 Å². The van der Waals surface area contributed by atoms with E-state index in [2.05, 4.69) is 5.32 Å². The summed E-state index contributed by atoms with van der Waals surface area (Å²) < 4.78 is 0. The van der Waals surface area contributed by atoms with Gasteiger partial charge in [0.1, 0.15) is 0 Å². The zero-order chi connectivity index (χ0) is 15.4. The number of aryl methyl sites for hydroxylation is 1. The maximum absolute atomic E-state index is 10.9. The van der Waals surface area contributed by atoms with Gasteiger partial charge in [-0.1, -0.05) is 41.9 Å². The number of aliphatic carboxylic acids is 1. The average Bonchev–Trinajstić information content (AvgIpc) is 2.48. The van der Waals surface area contributed by atoms with Crippen molar-refractivity contribution in [3.05, 3.63) is 64.2 Å². The average molecular weight is 304 g/mol. The Morgan fingerprint density at radius 3 is 2.52 bits per heavy atom. The quantitative estimate of drug-likeness (QED) is 0.858. The predicted molar refractivity (Wildman–Crippen MR) is 86.0 cm³/mol. The summed E-state index contributed by atoms with van der Waals surface area (Å²) in [6, 6.07) is 13.4. The molecule has 0 aliphatic rings. The van der Waals surface area contributed by atoms with Crippen molar-refractivity contribution in [2.75, 3.05) is 5.32 Å². The molecule has 0 aromatic heterocycles. The minimum absolute atomic E-state index is 0.488. The van der Waals surface area contributed by atoms with Gasteiger partial charge in [-0.05, 0) is 42.7 Å². The van der Waals surface area contributed by atoms with Crippen LogP contribution in [-0.4, -0.2) is 11.1 Å². The van der Waals surface area contributed by atoms with Crippen molar-refractivity contribution in [3.8, 4) is 0 Å². The number of rotatable bonds is 5. The lowest BCUT2D eigenvalue weighted by Crippen LogP contribution is -2.07. The number of hydrogen-bond donors (Lipinski definition) is 2. The smallest absolute Gasteiger partial charge is 0.310 e. The Labute approximate surface area is 129 Å². The molecule has 2 aromatic rings. The first kappa shape index (κ1) is 15.4. The largest absolute Gasteiger partial charge is 0.481 e. The molecular formula is C17H18ClNO2. The molecule has 3 nitrogen and oxygen atoms in total.